The van der Waals surface area contributed by atoms with E-state index in [9.17, 15) is 8.42 Å². The molecule has 1 aromatic carbocycles. The summed E-state index contributed by atoms with van der Waals surface area (Å²) in [6.07, 6.45) is 4.58. The monoisotopic (exact) mass is 335 g/mol. The predicted molar refractivity (Wildman–Crippen MR) is 71.7 cm³/mol. The van der Waals surface area contributed by atoms with E-state index >= 15 is 0 Å². The Balaban J connectivity index is 2.40. The molecular weight excluding hydrogens is 326 g/mol. The minimum absolute atomic E-state index is 0.165. The van der Waals surface area contributed by atoms with E-state index < -0.39 is 10.0 Å². The maximum Gasteiger partial charge on any atom is 0.244 e. The minimum atomic E-state index is -3.48. The molecule has 0 spiro atoms. The average molecular weight is 337 g/mol. The molecule has 0 bridgehead atoms. The molecule has 0 amide bonds. The zero-order valence-electron chi connectivity index (χ0n) is 8.94. The molecule has 0 radical (unpaired) electrons. The summed E-state index contributed by atoms with van der Waals surface area (Å²) in [5.74, 6) is 0. The zero-order chi connectivity index (χ0) is 12.5. The van der Waals surface area contributed by atoms with Gasteiger partial charge in [0.15, 0.2) is 0 Å². The number of hydrogen-bond acceptors (Lipinski definition) is 2. The number of rotatable bonds is 2. The molecule has 1 aromatic rings. The summed E-state index contributed by atoms with van der Waals surface area (Å²) in [4.78, 5) is 0.165. The third-order valence-corrected chi connectivity index (χ3v) is 5.37. The van der Waals surface area contributed by atoms with Crippen LogP contribution < -0.4 is 0 Å². The second-order valence-electron chi connectivity index (χ2n) is 3.70. The van der Waals surface area contributed by atoms with Crippen molar-refractivity contribution >= 4 is 37.6 Å². The Bertz CT molecular complexity index is 557. The van der Waals surface area contributed by atoms with Crippen LogP contribution in [0.4, 0.5) is 0 Å². The first-order valence-corrected chi connectivity index (χ1v) is 7.73. The van der Waals surface area contributed by atoms with E-state index in [0.29, 0.717) is 13.1 Å². The SMILES string of the molecule is O=S(=O)(c1ccc(Br)cc1Cl)N1CC=CCC1. The van der Waals surface area contributed by atoms with Crippen LogP contribution in [0.25, 0.3) is 0 Å². The van der Waals surface area contributed by atoms with Crippen LogP contribution in [0.5, 0.6) is 0 Å². The molecule has 17 heavy (non-hydrogen) atoms. The van der Waals surface area contributed by atoms with E-state index in [0.717, 1.165) is 10.9 Å². The van der Waals surface area contributed by atoms with Crippen molar-refractivity contribution in [1.82, 2.24) is 4.31 Å². The standard InChI is InChI=1S/C11H11BrClNO2S/c12-9-4-5-11(10(13)8-9)17(15,16)14-6-2-1-3-7-14/h1-2,4-5,8H,3,6-7H2. The lowest BCUT2D eigenvalue weighted by atomic mass is 10.3. The molecule has 0 atom stereocenters. The smallest absolute Gasteiger partial charge is 0.207 e. The molecule has 0 saturated heterocycles. The van der Waals surface area contributed by atoms with Gasteiger partial charge in [0.1, 0.15) is 4.90 Å². The Morgan fingerprint density at radius 1 is 1.29 bits per heavy atom. The number of halogens is 2. The first-order chi connectivity index (χ1) is 8.01. The lowest BCUT2D eigenvalue weighted by molar-refractivity contribution is 0.437. The summed E-state index contributed by atoms with van der Waals surface area (Å²) in [6, 6.07) is 4.80. The van der Waals surface area contributed by atoms with Gasteiger partial charge in [-0.2, -0.15) is 4.31 Å². The van der Waals surface area contributed by atoms with Gasteiger partial charge in [0.25, 0.3) is 0 Å². The molecule has 3 nitrogen and oxygen atoms in total. The Morgan fingerprint density at radius 3 is 2.65 bits per heavy atom. The first-order valence-electron chi connectivity index (χ1n) is 5.12. The average Bonchev–Trinajstić information content (AvgIpc) is 2.29. The highest BCUT2D eigenvalue weighted by Gasteiger charge is 2.26. The molecule has 0 aromatic heterocycles. The van der Waals surface area contributed by atoms with Crippen molar-refractivity contribution in [3.05, 3.63) is 39.8 Å². The molecule has 0 fully saturated rings. The fourth-order valence-electron chi connectivity index (χ4n) is 1.66. The van der Waals surface area contributed by atoms with Gasteiger partial charge in [-0.05, 0) is 24.6 Å². The van der Waals surface area contributed by atoms with Crippen LogP contribution in [-0.2, 0) is 10.0 Å². The predicted octanol–water partition coefficient (Wildman–Crippen LogP) is 3.05. The van der Waals surface area contributed by atoms with E-state index in [1.165, 1.54) is 10.4 Å². The third-order valence-electron chi connectivity index (χ3n) is 2.53. The van der Waals surface area contributed by atoms with E-state index in [4.69, 9.17) is 11.6 Å². The van der Waals surface area contributed by atoms with Crippen molar-refractivity contribution < 1.29 is 8.42 Å². The van der Waals surface area contributed by atoms with Gasteiger partial charge in [-0.3, -0.25) is 0 Å². The minimum Gasteiger partial charge on any atom is -0.207 e. The van der Waals surface area contributed by atoms with E-state index in [1.807, 2.05) is 12.2 Å². The number of benzene rings is 1. The van der Waals surface area contributed by atoms with Crippen molar-refractivity contribution in [1.29, 1.82) is 0 Å². The van der Waals surface area contributed by atoms with Gasteiger partial charge in [-0.15, -0.1) is 0 Å². The van der Waals surface area contributed by atoms with Crippen LogP contribution in [0.15, 0.2) is 39.7 Å². The molecule has 2 rings (SSSR count). The Kier molecular flexibility index (Phi) is 3.92. The highest BCUT2D eigenvalue weighted by molar-refractivity contribution is 9.10. The van der Waals surface area contributed by atoms with E-state index in [1.54, 1.807) is 12.1 Å². The largest absolute Gasteiger partial charge is 0.244 e. The fourth-order valence-corrected chi connectivity index (χ4v) is 4.08. The summed E-state index contributed by atoms with van der Waals surface area (Å²) in [6.45, 7) is 0.917. The quantitative estimate of drug-likeness (QED) is 0.778. The Morgan fingerprint density at radius 2 is 2.06 bits per heavy atom. The molecule has 1 aliphatic heterocycles. The third kappa shape index (κ3) is 2.73. The van der Waals surface area contributed by atoms with Crippen LogP contribution >= 0.6 is 27.5 Å². The van der Waals surface area contributed by atoms with Gasteiger partial charge in [-0.1, -0.05) is 39.7 Å². The van der Waals surface area contributed by atoms with Gasteiger partial charge >= 0.3 is 0 Å². The second-order valence-corrected chi connectivity index (χ2v) is 6.93. The number of hydrogen-bond donors (Lipinski definition) is 0. The van der Waals surface area contributed by atoms with Crippen molar-refractivity contribution in [3.8, 4) is 0 Å². The maximum atomic E-state index is 12.3. The summed E-state index contributed by atoms with van der Waals surface area (Å²) >= 11 is 9.23. The van der Waals surface area contributed by atoms with Gasteiger partial charge in [0, 0.05) is 17.6 Å². The Labute approximate surface area is 114 Å². The highest BCUT2D eigenvalue weighted by atomic mass is 79.9. The van der Waals surface area contributed by atoms with E-state index in [-0.39, 0.29) is 9.92 Å². The van der Waals surface area contributed by atoms with Crippen LogP contribution in [-0.4, -0.2) is 25.8 Å². The topological polar surface area (TPSA) is 37.4 Å². The van der Waals surface area contributed by atoms with Crippen LogP contribution in [0.1, 0.15) is 6.42 Å². The molecule has 1 aliphatic rings. The Hall–Kier alpha value is -0.360. The second kappa shape index (κ2) is 5.10. The molecule has 0 unspecified atom stereocenters. The maximum absolute atomic E-state index is 12.3. The molecule has 6 heteroatoms. The number of sulfonamides is 1. The van der Waals surface area contributed by atoms with Crippen LogP contribution in [0.2, 0.25) is 5.02 Å². The zero-order valence-corrected chi connectivity index (χ0v) is 12.1. The molecule has 0 aliphatic carbocycles. The highest BCUT2D eigenvalue weighted by Crippen LogP contribution is 2.28. The van der Waals surface area contributed by atoms with Gasteiger partial charge in [0.2, 0.25) is 10.0 Å². The first kappa shape index (κ1) is 13.1. The van der Waals surface area contributed by atoms with Gasteiger partial charge in [-0.25, -0.2) is 8.42 Å². The summed E-state index contributed by atoms with van der Waals surface area (Å²) in [5, 5.41) is 0.244. The number of nitrogens with zero attached hydrogens (tertiary/aromatic N) is 1. The molecule has 0 saturated carbocycles. The van der Waals surface area contributed by atoms with Crippen molar-refractivity contribution in [2.24, 2.45) is 0 Å². The van der Waals surface area contributed by atoms with Crippen LogP contribution in [0, 0.1) is 0 Å². The van der Waals surface area contributed by atoms with Gasteiger partial charge in [0.05, 0.1) is 5.02 Å². The van der Waals surface area contributed by atoms with Crippen molar-refractivity contribution in [2.45, 2.75) is 11.3 Å². The molecule has 92 valence electrons. The summed E-state index contributed by atoms with van der Waals surface area (Å²) in [5.41, 5.74) is 0. The molecule has 0 N–H and O–H groups in total. The van der Waals surface area contributed by atoms with Crippen molar-refractivity contribution in [3.63, 3.8) is 0 Å². The summed E-state index contributed by atoms with van der Waals surface area (Å²) in [7, 11) is -3.48. The normalized spacial score (nSPS) is 17.3. The van der Waals surface area contributed by atoms with E-state index in [2.05, 4.69) is 15.9 Å². The van der Waals surface area contributed by atoms with Crippen molar-refractivity contribution in [2.75, 3.05) is 13.1 Å². The van der Waals surface area contributed by atoms with Gasteiger partial charge < -0.3 is 0 Å². The van der Waals surface area contributed by atoms with Crippen LogP contribution in [0.3, 0.4) is 0 Å². The fraction of sp³-hybridized carbons (Fsp3) is 0.273. The summed E-state index contributed by atoms with van der Waals surface area (Å²) < 4.78 is 26.8. The molecular formula is C11H11BrClNO2S. The lowest BCUT2D eigenvalue weighted by Crippen LogP contribution is -2.33. The molecule has 1 heterocycles. The lowest BCUT2D eigenvalue weighted by Gasteiger charge is -2.23.